The molecule has 0 spiro atoms. The van der Waals surface area contributed by atoms with Crippen LogP contribution in [0.15, 0.2) is 40.9 Å². The molecule has 0 fully saturated rings. The van der Waals surface area contributed by atoms with Crippen molar-refractivity contribution in [1.29, 1.82) is 0 Å². The van der Waals surface area contributed by atoms with Crippen LogP contribution in [0.4, 0.5) is 8.78 Å². The molecule has 0 aromatic heterocycles. The first-order valence-electron chi connectivity index (χ1n) is 6.91. The summed E-state index contributed by atoms with van der Waals surface area (Å²) >= 11 is 3.07. The standard InChI is InChI=1S/C17H18BrF2N/c1-11(2)13-5-3-12(4-6-13)9-21-10-14-16(19)8-7-15(18)17(14)20/h3-8,11,21H,9-10H2,1-2H3. The smallest absolute Gasteiger partial charge is 0.144 e. The molecule has 0 heterocycles. The number of hydrogen-bond donors (Lipinski definition) is 1. The summed E-state index contributed by atoms with van der Waals surface area (Å²) in [6.07, 6.45) is 0. The monoisotopic (exact) mass is 353 g/mol. The highest BCUT2D eigenvalue weighted by Gasteiger charge is 2.11. The number of halogens is 3. The van der Waals surface area contributed by atoms with E-state index >= 15 is 0 Å². The Bertz CT molecular complexity index is 609. The van der Waals surface area contributed by atoms with E-state index in [1.807, 2.05) is 12.1 Å². The fourth-order valence-electron chi connectivity index (χ4n) is 2.08. The van der Waals surface area contributed by atoms with E-state index in [4.69, 9.17) is 0 Å². The molecule has 2 aromatic rings. The van der Waals surface area contributed by atoms with Crippen molar-refractivity contribution >= 4 is 15.9 Å². The summed E-state index contributed by atoms with van der Waals surface area (Å²) in [7, 11) is 0. The number of rotatable bonds is 5. The molecule has 0 amide bonds. The molecule has 0 unspecified atom stereocenters. The van der Waals surface area contributed by atoms with Gasteiger partial charge >= 0.3 is 0 Å². The van der Waals surface area contributed by atoms with Crippen LogP contribution in [0.5, 0.6) is 0 Å². The van der Waals surface area contributed by atoms with E-state index in [1.165, 1.54) is 17.7 Å². The molecule has 21 heavy (non-hydrogen) atoms. The second kappa shape index (κ2) is 7.14. The van der Waals surface area contributed by atoms with E-state index < -0.39 is 11.6 Å². The molecule has 0 atom stereocenters. The highest BCUT2D eigenvalue weighted by Crippen LogP contribution is 2.21. The lowest BCUT2D eigenvalue weighted by molar-refractivity contribution is 0.532. The van der Waals surface area contributed by atoms with Crippen molar-refractivity contribution in [2.75, 3.05) is 0 Å². The van der Waals surface area contributed by atoms with Crippen molar-refractivity contribution in [3.63, 3.8) is 0 Å². The summed E-state index contributed by atoms with van der Waals surface area (Å²) in [6, 6.07) is 10.9. The zero-order valence-electron chi connectivity index (χ0n) is 12.1. The molecule has 0 bridgehead atoms. The van der Waals surface area contributed by atoms with Crippen LogP contribution in [0, 0.1) is 11.6 Å². The fraction of sp³-hybridized carbons (Fsp3) is 0.294. The van der Waals surface area contributed by atoms with Crippen molar-refractivity contribution in [2.24, 2.45) is 0 Å². The third kappa shape index (κ3) is 4.11. The SMILES string of the molecule is CC(C)c1ccc(CNCc2c(F)ccc(Br)c2F)cc1. The lowest BCUT2D eigenvalue weighted by Gasteiger charge is -2.10. The molecular weight excluding hydrogens is 336 g/mol. The van der Waals surface area contributed by atoms with E-state index in [0.29, 0.717) is 12.5 Å². The Hall–Kier alpha value is -1.26. The van der Waals surface area contributed by atoms with Gasteiger partial charge in [-0.3, -0.25) is 0 Å². The quantitative estimate of drug-likeness (QED) is 0.733. The van der Waals surface area contributed by atoms with Crippen molar-refractivity contribution in [1.82, 2.24) is 5.32 Å². The highest BCUT2D eigenvalue weighted by molar-refractivity contribution is 9.10. The Morgan fingerprint density at radius 3 is 2.29 bits per heavy atom. The van der Waals surface area contributed by atoms with E-state index in [2.05, 4.69) is 47.2 Å². The van der Waals surface area contributed by atoms with E-state index in [0.717, 1.165) is 5.56 Å². The van der Waals surface area contributed by atoms with Gasteiger partial charge in [0.1, 0.15) is 11.6 Å². The van der Waals surface area contributed by atoms with E-state index in [1.54, 1.807) is 0 Å². The minimum Gasteiger partial charge on any atom is -0.308 e. The number of hydrogen-bond acceptors (Lipinski definition) is 1. The predicted molar refractivity (Wildman–Crippen MR) is 85.1 cm³/mol. The fourth-order valence-corrected chi connectivity index (χ4v) is 2.45. The molecule has 0 saturated carbocycles. The van der Waals surface area contributed by atoms with Crippen LogP contribution in [0.3, 0.4) is 0 Å². The summed E-state index contributed by atoms with van der Waals surface area (Å²) in [5.41, 5.74) is 2.43. The van der Waals surface area contributed by atoms with E-state index in [9.17, 15) is 8.78 Å². The molecule has 1 N–H and O–H groups in total. The zero-order chi connectivity index (χ0) is 15.4. The molecule has 4 heteroatoms. The van der Waals surface area contributed by atoms with Gasteiger partial charge in [0.2, 0.25) is 0 Å². The second-order valence-electron chi connectivity index (χ2n) is 5.32. The Balaban J connectivity index is 1.97. The minimum atomic E-state index is -0.544. The van der Waals surface area contributed by atoms with Crippen LogP contribution < -0.4 is 5.32 Å². The molecule has 0 radical (unpaired) electrons. The second-order valence-corrected chi connectivity index (χ2v) is 6.18. The highest BCUT2D eigenvalue weighted by atomic mass is 79.9. The summed E-state index contributed by atoms with van der Waals surface area (Å²) in [6.45, 7) is 5.02. The summed E-state index contributed by atoms with van der Waals surface area (Å²) < 4.78 is 27.7. The Labute approximate surface area is 132 Å². The summed E-state index contributed by atoms with van der Waals surface area (Å²) in [5, 5.41) is 3.07. The summed E-state index contributed by atoms with van der Waals surface area (Å²) in [5.74, 6) is -0.576. The first kappa shape index (κ1) is 16.1. The average molecular weight is 354 g/mol. The number of nitrogens with one attached hydrogen (secondary N) is 1. The molecule has 2 rings (SSSR count). The largest absolute Gasteiger partial charge is 0.308 e. The van der Waals surface area contributed by atoms with E-state index in [-0.39, 0.29) is 16.6 Å². The molecule has 2 aromatic carbocycles. The van der Waals surface area contributed by atoms with Crippen LogP contribution in [-0.4, -0.2) is 0 Å². The van der Waals surface area contributed by atoms with Crippen molar-refractivity contribution in [3.05, 3.63) is 69.2 Å². The first-order chi connectivity index (χ1) is 9.99. The Morgan fingerprint density at radius 2 is 1.67 bits per heavy atom. The normalized spacial score (nSPS) is 11.1. The molecule has 0 aliphatic heterocycles. The lowest BCUT2D eigenvalue weighted by Crippen LogP contribution is -2.15. The molecule has 0 aliphatic carbocycles. The van der Waals surface area contributed by atoms with Crippen molar-refractivity contribution in [2.45, 2.75) is 32.9 Å². The molecule has 1 nitrogen and oxygen atoms in total. The maximum atomic E-state index is 13.8. The average Bonchev–Trinajstić information content (AvgIpc) is 2.47. The van der Waals surface area contributed by atoms with Crippen LogP contribution in [-0.2, 0) is 13.1 Å². The maximum absolute atomic E-state index is 13.8. The predicted octanol–water partition coefficient (Wildman–Crippen LogP) is 5.14. The van der Waals surface area contributed by atoms with Gasteiger partial charge in [-0.05, 0) is 45.1 Å². The van der Waals surface area contributed by atoms with Gasteiger partial charge in [0.15, 0.2) is 0 Å². The zero-order valence-corrected chi connectivity index (χ0v) is 13.7. The minimum absolute atomic E-state index is 0.0585. The van der Waals surface area contributed by atoms with Crippen molar-refractivity contribution < 1.29 is 8.78 Å². The van der Waals surface area contributed by atoms with Gasteiger partial charge < -0.3 is 5.32 Å². The Kier molecular flexibility index (Phi) is 5.48. The van der Waals surface area contributed by atoms with Crippen molar-refractivity contribution in [3.8, 4) is 0 Å². The third-order valence-corrected chi connectivity index (χ3v) is 4.03. The molecular formula is C17H18BrF2N. The topological polar surface area (TPSA) is 12.0 Å². The van der Waals surface area contributed by atoms with Gasteiger partial charge in [0.25, 0.3) is 0 Å². The lowest BCUT2D eigenvalue weighted by atomic mass is 10.0. The van der Waals surface area contributed by atoms with Crippen LogP contribution in [0.1, 0.15) is 36.5 Å². The Morgan fingerprint density at radius 1 is 1.00 bits per heavy atom. The molecule has 0 saturated heterocycles. The van der Waals surface area contributed by atoms with Gasteiger partial charge in [0, 0.05) is 18.7 Å². The third-order valence-electron chi connectivity index (χ3n) is 3.42. The van der Waals surface area contributed by atoms with Crippen LogP contribution >= 0.6 is 15.9 Å². The molecule has 112 valence electrons. The number of benzene rings is 2. The molecule has 0 aliphatic rings. The van der Waals surface area contributed by atoms with Gasteiger partial charge in [-0.15, -0.1) is 0 Å². The van der Waals surface area contributed by atoms with Crippen LogP contribution in [0.25, 0.3) is 0 Å². The van der Waals surface area contributed by atoms with Gasteiger partial charge in [-0.25, -0.2) is 8.78 Å². The first-order valence-corrected chi connectivity index (χ1v) is 7.70. The van der Waals surface area contributed by atoms with Gasteiger partial charge in [0.05, 0.1) is 4.47 Å². The van der Waals surface area contributed by atoms with Gasteiger partial charge in [-0.2, -0.15) is 0 Å². The van der Waals surface area contributed by atoms with Gasteiger partial charge in [-0.1, -0.05) is 38.1 Å². The summed E-state index contributed by atoms with van der Waals surface area (Å²) in [4.78, 5) is 0. The van der Waals surface area contributed by atoms with Crippen LogP contribution in [0.2, 0.25) is 0 Å². The maximum Gasteiger partial charge on any atom is 0.144 e.